The molecular weight excluding hydrogens is 444 g/mol. The third-order valence-electron chi connectivity index (χ3n) is 0. The van der Waals surface area contributed by atoms with Crippen LogP contribution in [-0.2, 0) is 41.6 Å². The summed E-state index contributed by atoms with van der Waals surface area (Å²) >= 11 is 0. The number of aliphatic carboxylic acids is 4. The Bertz CT molecular complexity index is 167. The first kappa shape index (κ1) is 36.0. The van der Waals surface area contributed by atoms with E-state index in [1.54, 1.807) is 0 Å². The van der Waals surface area contributed by atoms with Crippen LogP contribution in [-0.4, -0.2) is 23.9 Å². The number of hydrogen-bond donors (Lipinski definition) is 0. The molecule has 0 N–H and O–H groups in total. The Morgan fingerprint density at radius 2 is 0.556 bits per heavy atom. The zero-order valence-corrected chi connectivity index (χ0v) is 14.7. The Morgan fingerprint density at radius 1 is 0.556 bits per heavy atom. The third kappa shape index (κ3) is 23200. The van der Waals surface area contributed by atoms with Crippen molar-refractivity contribution in [2.45, 2.75) is 27.7 Å². The predicted molar refractivity (Wildman–Crippen MR) is 42.7 cm³/mol. The molecule has 0 aliphatic carbocycles. The molecule has 0 aromatic rings. The van der Waals surface area contributed by atoms with Crippen molar-refractivity contribution in [2.24, 2.45) is 0 Å². The van der Waals surface area contributed by atoms with Crippen molar-refractivity contribution in [3.63, 3.8) is 0 Å². The maximum absolute atomic E-state index is 8.89. The number of carboxylic acids is 4. The average Bonchev–Trinajstić information content (AvgIpc) is 1.76. The Balaban J connectivity index is -0.0000000257. The molecular formula is C8H12AuNaO8. The van der Waals surface area contributed by atoms with Crippen LogP contribution in [0.1, 0.15) is 27.7 Å². The smallest absolute Gasteiger partial charge is 0.550 e. The second-order valence-electron chi connectivity index (χ2n) is 1.97. The first-order valence-electron chi connectivity index (χ1n) is 3.63. The van der Waals surface area contributed by atoms with Gasteiger partial charge in [0, 0.05) is 23.9 Å². The molecule has 104 valence electrons. The fourth-order valence-corrected chi connectivity index (χ4v) is 0. The van der Waals surface area contributed by atoms with E-state index in [-0.39, 0.29) is 51.9 Å². The largest absolute Gasteiger partial charge is 3.00 e. The van der Waals surface area contributed by atoms with Crippen molar-refractivity contribution >= 4 is 23.9 Å². The van der Waals surface area contributed by atoms with Crippen molar-refractivity contribution in [3.8, 4) is 0 Å². The summed E-state index contributed by atoms with van der Waals surface area (Å²) in [5.74, 6) is -4.33. The predicted octanol–water partition coefficient (Wildman–Crippen LogP) is -7.97. The van der Waals surface area contributed by atoms with E-state index in [1.807, 2.05) is 0 Å². The minimum atomic E-state index is -1.08. The molecule has 0 aliphatic rings. The molecule has 18 heavy (non-hydrogen) atoms. The quantitative estimate of drug-likeness (QED) is 0.325. The van der Waals surface area contributed by atoms with Gasteiger partial charge in [-0.05, 0) is 27.7 Å². The molecule has 0 aromatic heterocycles. The van der Waals surface area contributed by atoms with Gasteiger partial charge in [-0.15, -0.1) is 0 Å². The van der Waals surface area contributed by atoms with E-state index in [0.29, 0.717) is 0 Å². The zero-order chi connectivity index (χ0) is 14.3. The van der Waals surface area contributed by atoms with Crippen molar-refractivity contribution in [3.05, 3.63) is 0 Å². The van der Waals surface area contributed by atoms with Gasteiger partial charge in [0.2, 0.25) is 0 Å². The fourth-order valence-electron chi connectivity index (χ4n) is 0. The summed E-state index contributed by atoms with van der Waals surface area (Å²) in [6.45, 7) is 3.89. The summed E-state index contributed by atoms with van der Waals surface area (Å²) < 4.78 is 0. The van der Waals surface area contributed by atoms with Gasteiger partial charge in [-0.25, -0.2) is 0 Å². The Labute approximate surface area is 142 Å². The minimum Gasteiger partial charge on any atom is -0.550 e. The molecule has 0 unspecified atom stereocenters. The van der Waals surface area contributed by atoms with Crippen LogP contribution in [0.3, 0.4) is 0 Å². The summed E-state index contributed by atoms with van der Waals surface area (Å²) in [6.07, 6.45) is 0. The van der Waals surface area contributed by atoms with Crippen LogP contribution in [0.4, 0.5) is 0 Å². The Hall–Kier alpha value is -0.380. The van der Waals surface area contributed by atoms with Crippen molar-refractivity contribution in [1.82, 2.24) is 0 Å². The normalized spacial score (nSPS) is 5.56. The van der Waals surface area contributed by atoms with Crippen LogP contribution < -0.4 is 50.0 Å². The van der Waals surface area contributed by atoms with Crippen LogP contribution in [0.2, 0.25) is 0 Å². The summed E-state index contributed by atoms with van der Waals surface area (Å²) in [7, 11) is 0. The topological polar surface area (TPSA) is 161 Å². The van der Waals surface area contributed by atoms with Crippen molar-refractivity contribution in [2.75, 3.05) is 0 Å². The number of rotatable bonds is 0. The molecule has 0 bridgehead atoms. The summed E-state index contributed by atoms with van der Waals surface area (Å²) in [4.78, 5) is 35.6. The van der Waals surface area contributed by atoms with E-state index >= 15 is 0 Å². The number of carboxylic acid groups (broad SMARTS) is 4. The minimum absolute atomic E-state index is 0. The molecule has 0 radical (unpaired) electrons. The van der Waals surface area contributed by atoms with E-state index in [1.165, 1.54) is 0 Å². The van der Waals surface area contributed by atoms with Crippen LogP contribution in [0.5, 0.6) is 0 Å². The maximum Gasteiger partial charge on any atom is 3.00 e. The molecule has 0 fully saturated rings. The molecule has 8 nitrogen and oxygen atoms in total. The fraction of sp³-hybridized carbons (Fsp3) is 0.500. The zero-order valence-electron chi connectivity index (χ0n) is 10.6. The third-order valence-corrected chi connectivity index (χ3v) is 0. The van der Waals surface area contributed by atoms with Crippen LogP contribution in [0.25, 0.3) is 0 Å². The molecule has 0 amide bonds. The van der Waals surface area contributed by atoms with Crippen LogP contribution in [0.15, 0.2) is 0 Å². The van der Waals surface area contributed by atoms with Gasteiger partial charge >= 0.3 is 51.9 Å². The molecule has 0 atom stereocenters. The van der Waals surface area contributed by atoms with Gasteiger partial charge < -0.3 is 39.6 Å². The van der Waals surface area contributed by atoms with E-state index in [4.69, 9.17) is 39.6 Å². The molecule has 0 aliphatic heterocycles. The van der Waals surface area contributed by atoms with Gasteiger partial charge in [-0.3, -0.25) is 0 Å². The first-order chi connectivity index (χ1) is 6.93. The van der Waals surface area contributed by atoms with Crippen LogP contribution in [0, 0.1) is 0 Å². The van der Waals surface area contributed by atoms with Gasteiger partial charge in [0.05, 0.1) is 0 Å². The molecule has 0 aromatic carbocycles. The molecule has 0 saturated heterocycles. The molecule has 0 rings (SSSR count). The molecule has 0 spiro atoms. The number of carbonyl (C=O) groups excluding carboxylic acids is 4. The first-order valence-corrected chi connectivity index (χ1v) is 3.63. The second kappa shape index (κ2) is 30.0. The van der Waals surface area contributed by atoms with Gasteiger partial charge in [-0.1, -0.05) is 0 Å². The molecule has 10 heteroatoms. The van der Waals surface area contributed by atoms with Gasteiger partial charge in [0.25, 0.3) is 0 Å². The number of carbonyl (C=O) groups is 4. The summed E-state index contributed by atoms with van der Waals surface area (Å²) in [6, 6.07) is 0. The summed E-state index contributed by atoms with van der Waals surface area (Å²) in [5.41, 5.74) is 0. The number of hydrogen-bond acceptors (Lipinski definition) is 8. The Morgan fingerprint density at radius 3 is 0.556 bits per heavy atom. The van der Waals surface area contributed by atoms with E-state index in [0.717, 1.165) is 27.7 Å². The monoisotopic (exact) mass is 456 g/mol. The second-order valence-corrected chi connectivity index (χ2v) is 1.97. The SMILES string of the molecule is CC(=O)[O-].CC(=O)[O-].CC(=O)[O-].CC(=O)[O-].[Au+3].[Na+]. The Kier molecular flexibility index (Phi) is 60.1. The summed E-state index contributed by atoms with van der Waals surface area (Å²) in [5, 5.41) is 35.6. The molecule has 0 heterocycles. The molecule has 0 saturated carbocycles. The maximum atomic E-state index is 8.89. The standard InChI is InChI=1S/4C2H4O2.Au.Na/c4*1-2(3)4;;/h4*1H3,(H,3,4);;/q;;;;+3;+1/p-4. The van der Waals surface area contributed by atoms with Gasteiger partial charge in [-0.2, -0.15) is 0 Å². The van der Waals surface area contributed by atoms with E-state index in [2.05, 4.69) is 0 Å². The van der Waals surface area contributed by atoms with E-state index < -0.39 is 23.9 Å². The van der Waals surface area contributed by atoms with E-state index in [9.17, 15) is 0 Å². The van der Waals surface area contributed by atoms with Crippen molar-refractivity contribution in [1.29, 1.82) is 0 Å². The van der Waals surface area contributed by atoms with Gasteiger partial charge in [0.1, 0.15) is 0 Å². The average molecular weight is 456 g/mol. The van der Waals surface area contributed by atoms with Crippen LogP contribution >= 0.6 is 0 Å². The van der Waals surface area contributed by atoms with Gasteiger partial charge in [0.15, 0.2) is 0 Å². The van der Waals surface area contributed by atoms with Crippen molar-refractivity contribution < 1.29 is 91.5 Å².